The van der Waals surface area contributed by atoms with E-state index in [9.17, 15) is 4.79 Å². The minimum Gasteiger partial charge on any atom is -0.378 e. The van der Waals surface area contributed by atoms with E-state index >= 15 is 0 Å². The Morgan fingerprint density at radius 3 is 2.36 bits per heavy atom. The van der Waals surface area contributed by atoms with Crippen molar-refractivity contribution in [2.24, 2.45) is 5.41 Å². The van der Waals surface area contributed by atoms with Crippen molar-refractivity contribution in [2.75, 3.05) is 6.61 Å². The Morgan fingerprint density at radius 2 is 2.00 bits per heavy atom. The summed E-state index contributed by atoms with van der Waals surface area (Å²) in [6, 6.07) is 0. The second kappa shape index (κ2) is 4.59. The molecular formula is C10H18O2PtSi. The van der Waals surface area contributed by atoms with Gasteiger partial charge in [-0.15, -0.1) is 0 Å². The third-order valence-electron chi connectivity index (χ3n) is 3.85. The van der Waals surface area contributed by atoms with E-state index in [4.69, 9.17) is 4.74 Å². The van der Waals surface area contributed by atoms with Gasteiger partial charge in [0.1, 0.15) is 6.29 Å². The summed E-state index contributed by atoms with van der Waals surface area (Å²) in [5, 5.41) is 0.0486. The van der Waals surface area contributed by atoms with Crippen LogP contribution in [0.1, 0.15) is 32.1 Å². The molecule has 1 aliphatic carbocycles. The van der Waals surface area contributed by atoms with E-state index in [1.165, 1.54) is 19.1 Å². The van der Waals surface area contributed by atoms with Crippen LogP contribution in [-0.2, 0) is 30.6 Å². The van der Waals surface area contributed by atoms with Crippen LogP contribution in [0.5, 0.6) is 0 Å². The Balaban J connectivity index is 0.000000980. The monoisotopic (exact) mass is 393 g/mol. The number of aldehydes is 1. The Bertz CT molecular complexity index is 210. The first-order valence-corrected chi connectivity index (χ1v) is 7.51. The first-order chi connectivity index (χ1) is 6.29. The van der Waals surface area contributed by atoms with Gasteiger partial charge in [-0.2, -0.15) is 0 Å². The van der Waals surface area contributed by atoms with Gasteiger partial charge in [0.2, 0.25) is 0 Å². The van der Waals surface area contributed by atoms with E-state index in [1.54, 1.807) is 0 Å². The molecule has 0 amide bonds. The van der Waals surface area contributed by atoms with Crippen molar-refractivity contribution in [3.8, 4) is 0 Å². The van der Waals surface area contributed by atoms with E-state index in [0.29, 0.717) is 0 Å². The van der Waals surface area contributed by atoms with Gasteiger partial charge < -0.3 is 9.53 Å². The van der Waals surface area contributed by atoms with E-state index < -0.39 is 0 Å². The van der Waals surface area contributed by atoms with E-state index in [-0.39, 0.29) is 41.2 Å². The molecule has 0 aromatic heterocycles. The number of hydrogen-bond donors (Lipinski definition) is 0. The van der Waals surface area contributed by atoms with Crippen LogP contribution in [0.4, 0.5) is 0 Å². The van der Waals surface area contributed by atoms with Gasteiger partial charge in [-0.25, -0.2) is 0 Å². The average molecular weight is 393 g/mol. The quantitative estimate of drug-likeness (QED) is 0.530. The molecule has 2 rings (SSSR count). The van der Waals surface area contributed by atoms with Crippen LogP contribution in [0.2, 0.25) is 6.55 Å². The van der Waals surface area contributed by atoms with Gasteiger partial charge in [0.15, 0.2) is 0 Å². The zero-order valence-corrected chi connectivity index (χ0v) is 12.3. The molecule has 1 atom stereocenters. The molecule has 84 valence electrons. The molecule has 0 aromatic rings. The molecule has 14 heavy (non-hydrogen) atoms. The topological polar surface area (TPSA) is 26.3 Å². The van der Waals surface area contributed by atoms with Gasteiger partial charge in [0.25, 0.3) is 0 Å². The fourth-order valence-electron chi connectivity index (χ4n) is 2.69. The maximum Gasteiger partial charge on any atom is 0.128 e. The number of ether oxygens (including phenoxy) is 1. The summed E-state index contributed by atoms with van der Waals surface area (Å²) in [4.78, 5) is 11.1. The van der Waals surface area contributed by atoms with Gasteiger partial charge in [0.05, 0.1) is 20.2 Å². The summed E-state index contributed by atoms with van der Waals surface area (Å²) < 4.78 is 5.96. The summed E-state index contributed by atoms with van der Waals surface area (Å²) in [5.41, 5.74) is -0.0333. The van der Waals surface area contributed by atoms with Crippen LogP contribution in [0, 0.1) is 5.41 Å². The molecule has 0 radical (unpaired) electrons. The van der Waals surface area contributed by atoms with Gasteiger partial charge in [0, 0.05) is 27.7 Å². The second-order valence-electron chi connectivity index (χ2n) is 4.43. The molecular weight excluding hydrogens is 375 g/mol. The zero-order chi connectivity index (χ0) is 9.36. The fourth-order valence-corrected chi connectivity index (χ4v) is 4.78. The molecule has 1 heterocycles. The Kier molecular flexibility index (Phi) is 4.13. The maximum atomic E-state index is 11.1. The van der Waals surface area contributed by atoms with Crippen molar-refractivity contribution in [1.82, 2.24) is 0 Å². The van der Waals surface area contributed by atoms with Crippen molar-refractivity contribution in [3.05, 3.63) is 0 Å². The summed E-state index contributed by atoms with van der Waals surface area (Å²) >= 11 is 0. The molecule has 1 aliphatic heterocycles. The average Bonchev–Trinajstić information content (AvgIpc) is 3.00. The summed E-state index contributed by atoms with van der Waals surface area (Å²) in [7, 11) is -0.245. The van der Waals surface area contributed by atoms with E-state index in [1.807, 2.05) is 0 Å². The molecule has 4 heteroatoms. The third-order valence-corrected chi connectivity index (χ3v) is 6.25. The van der Waals surface area contributed by atoms with Crippen LogP contribution in [0.15, 0.2) is 0 Å². The largest absolute Gasteiger partial charge is 0.378 e. The van der Waals surface area contributed by atoms with Crippen molar-refractivity contribution in [2.45, 2.75) is 43.9 Å². The summed E-state index contributed by atoms with van der Waals surface area (Å²) in [6.45, 7) is 3.17. The summed E-state index contributed by atoms with van der Waals surface area (Å²) in [6.07, 6.45) is 6.94. The zero-order valence-electron chi connectivity index (χ0n) is 8.66. The van der Waals surface area contributed by atoms with Crippen LogP contribution < -0.4 is 0 Å². The third kappa shape index (κ3) is 1.79. The van der Waals surface area contributed by atoms with Crippen molar-refractivity contribution >= 4 is 15.8 Å². The standard InChI is InChI=1S/C10H18O2Si.Pt/c1-13-10(4-2-3-7-12-10)9(8-11)5-6-9;/h8H,2-7,13H2,1H3;. The first kappa shape index (κ1) is 12.6. The van der Waals surface area contributed by atoms with Gasteiger partial charge >= 0.3 is 0 Å². The molecule has 1 saturated carbocycles. The molecule has 1 saturated heterocycles. The predicted octanol–water partition coefficient (Wildman–Crippen LogP) is 1.08. The number of rotatable bonds is 3. The Hall–Kier alpha value is 0.535. The smallest absolute Gasteiger partial charge is 0.128 e. The van der Waals surface area contributed by atoms with Crippen LogP contribution >= 0.6 is 0 Å². The molecule has 0 N–H and O–H groups in total. The van der Waals surface area contributed by atoms with E-state index in [2.05, 4.69) is 6.55 Å². The SMILES string of the molecule is C[SiH2]C1(C2(C=O)CC2)CCCCO1.[Pt]. The van der Waals surface area contributed by atoms with Crippen LogP contribution in [0.3, 0.4) is 0 Å². The second-order valence-corrected chi connectivity index (χ2v) is 6.28. The van der Waals surface area contributed by atoms with Crippen molar-refractivity contribution < 1.29 is 30.6 Å². The van der Waals surface area contributed by atoms with Crippen molar-refractivity contribution in [3.63, 3.8) is 0 Å². The minimum atomic E-state index is -0.245. The molecule has 0 bridgehead atoms. The first-order valence-electron chi connectivity index (χ1n) is 5.39. The van der Waals surface area contributed by atoms with Gasteiger partial charge in [-0.3, -0.25) is 0 Å². The number of carbonyl (C=O) groups excluding carboxylic acids is 1. The van der Waals surface area contributed by atoms with Crippen LogP contribution in [-0.4, -0.2) is 27.6 Å². The molecule has 2 fully saturated rings. The normalized spacial score (nSPS) is 35.2. The molecule has 2 nitrogen and oxygen atoms in total. The van der Waals surface area contributed by atoms with Gasteiger partial charge in [-0.05, 0) is 32.1 Å². The number of carbonyl (C=O) groups is 1. The Morgan fingerprint density at radius 1 is 1.29 bits per heavy atom. The number of hydrogen-bond acceptors (Lipinski definition) is 2. The van der Waals surface area contributed by atoms with Crippen LogP contribution in [0.25, 0.3) is 0 Å². The Labute approximate surface area is 102 Å². The maximum absolute atomic E-state index is 11.1. The molecule has 1 unspecified atom stereocenters. The van der Waals surface area contributed by atoms with E-state index in [0.717, 1.165) is 25.9 Å². The fraction of sp³-hybridized carbons (Fsp3) is 0.900. The van der Waals surface area contributed by atoms with Gasteiger partial charge in [-0.1, -0.05) is 6.55 Å². The molecule has 0 spiro atoms. The molecule has 2 aliphatic rings. The molecule has 0 aromatic carbocycles. The van der Waals surface area contributed by atoms with Crippen molar-refractivity contribution in [1.29, 1.82) is 0 Å². The summed E-state index contributed by atoms with van der Waals surface area (Å²) in [5.74, 6) is 0. The minimum absolute atomic E-state index is 0. The predicted molar refractivity (Wildman–Crippen MR) is 54.7 cm³/mol.